The van der Waals surface area contributed by atoms with Crippen molar-refractivity contribution >= 4 is 0 Å². The molecule has 0 saturated carbocycles. The first-order chi connectivity index (χ1) is 13.3. The molecule has 0 spiro atoms. The summed E-state index contributed by atoms with van der Waals surface area (Å²) in [6, 6.07) is 5.52. The molecule has 0 aromatic heterocycles. The number of benzene rings is 1. The molecule has 0 aliphatic heterocycles. The number of rotatable bonds is 18. The normalized spacial score (nSPS) is 10.9. The highest BCUT2D eigenvalue weighted by atomic mass is 16.5. The SMILES string of the molecule is CCCCCCCCCOc1cccc(OCCCCCCCCC)c1O. The number of phenols is 1. The van der Waals surface area contributed by atoms with Crippen LogP contribution in [0.1, 0.15) is 104 Å². The van der Waals surface area contributed by atoms with Crippen molar-refractivity contribution in [2.75, 3.05) is 13.2 Å². The summed E-state index contributed by atoms with van der Waals surface area (Å²) in [6.07, 6.45) is 17.6. The van der Waals surface area contributed by atoms with Gasteiger partial charge in [-0.05, 0) is 25.0 Å². The lowest BCUT2D eigenvalue weighted by Gasteiger charge is -2.12. The van der Waals surface area contributed by atoms with E-state index < -0.39 is 0 Å². The van der Waals surface area contributed by atoms with Gasteiger partial charge in [0.2, 0.25) is 5.75 Å². The van der Waals surface area contributed by atoms with E-state index in [0.29, 0.717) is 24.7 Å². The second-order valence-corrected chi connectivity index (χ2v) is 7.54. The molecule has 0 fully saturated rings. The van der Waals surface area contributed by atoms with E-state index in [0.717, 1.165) is 12.8 Å². The molecule has 1 rings (SSSR count). The van der Waals surface area contributed by atoms with E-state index in [-0.39, 0.29) is 5.75 Å². The van der Waals surface area contributed by atoms with Crippen molar-refractivity contribution in [2.45, 2.75) is 104 Å². The molecule has 0 amide bonds. The molecular formula is C24H42O3. The van der Waals surface area contributed by atoms with Crippen LogP contribution in [0, 0.1) is 0 Å². The van der Waals surface area contributed by atoms with Crippen molar-refractivity contribution in [3.63, 3.8) is 0 Å². The van der Waals surface area contributed by atoms with Gasteiger partial charge in [0.05, 0.1) is 13.2 Å². The highest BCUT2D eigenvalue weighted by Gasteiger charge is 2.09. The molecular weight excluding hydrogens is 336 g/mol. The molecule has 0 aliphatic carbocycles. The van der Waals surface area contributed by atoms with E-state index in [1.807, 2.05) is 18.2 Å². The zero-order chi connectivity index (χ0) is 19.6. The molecule has 1 N–H and O–H groups in total. The van der Waals surface area contributed by atoms with Crippen LogP contribution in [0.15, 0.2) is 18.2 Å². The second-order valence-electron chi connectivity index (χ2n) is 7.54. The minimum atomic E-state index is 0.142. The van der Waals surface area contributed by atoms with Crippen molar-refractivity contribution in [2.24, 2.45) is 0 Å². The first-order valence-corrected chi connectivity index (χ1v) is 11.4. The number of hydrogen-bond acceptors (Lipinski definition) is 3. The maximum Gasteiger partial charge on any atom is 0.200 e. The second kappa shape index (κ2) is 16.8. The van der Waals surface area contributed by atoms with Gasteiger partial charge in [0, 0.05) is 0 Å². The molecule has 0 heterocycles. The topological polar surface area (TPSA) is 38.7 Å². The zero-order valence-electron chi connectivity index (χ0n) is 17.8. The van der Waals surface area contributed by atoms with Crippen molar-refractivity contribution < 1.29 is 14.6 Å². The lowest BCUT2D eigenvalue weighted by Crippen LogP contribution is -2.00. The monoisotopic (exact) mass is 378 g/mol. The van der Waals surface area contributed by atoms with E-state index in [1.165, 1.54) is 77.0 Å². The summed E-state index contributed by atoms with van der Waals surface area (Å²) in [4.78, 5) is 0. The number of aromatic hydroxyl groups is 1. The van der Waals surface area contributed by atoms with E-state index in [9.17, 15) is 5.11 Å². The van der Waals surface area contributed by atoms with Gasteiger partial charge in [0.15, 0.2) is 11.5 Å². The maximum absolute atomic E-state index is 10.3. The van der Waals surface area contributed by atoms with Gasteiger partial charge in [-0.1, -0.05) is 97.0 Å². The van der Waals surface area contributed by atoms with E-state index in [1.54, 1.807) is 0 Å². The molecule has 0 aliphatic rings. The van der Waals surface area contributed by atoms with E-state index >= 15 is 0 Å². The molecule has 0 unspecified atom stereocenters. The predicted octanol–water partition coefficient (Wildman–Crippen LogP) is 7.65. The molecule has 0 saturated heterocycles. The standard InChI is InChI=1S/C24H42O3/c1-3-5-7-9-11-13-15-20-26-22-18-17-19-23(24(22)25)27-21-16-14-12-10-8-6-4-2/h17-19,25H,3-16,20-21H2,1-2H3. The molecule has 3 heteroatoms. The first-order valence-electron chi connectivity index (χ1n) is 11.4. The van der Waals surface area contributed by atoms with Gasteiger partial charge < -0.3 is 14.6 Å². The summed E-state index contributed by atoms with van der Waals surface area (Å²) < 4.78 is 11.5. The highest BCUT2D eigenvalue weighted by molar-refractivity contribution is 5.49. The molecule has 3 nitrogen and oxygen atoms in total. The van der Waals surface area contributed by atoms with Crippen LogP contribution in [-0.2, 0) is 0 Å². The number of ether oxygens (including phenoxy) is 2. The lowest BCUT2D eigenvalue weighted by molar-refractivity contribution is 0.264. The Balaban J connectivity index is 2.15. The van der Waals surface area contributed by atoms with E-state index in [2.05, 4.69) is 13.8 Å². The Bertz CT molecular complexity index is 421. The minimum Gasteiger partial charge on any atom is -0.502 e. The van der Waals surface area contributed by atoms with Crippen LogP contribution in [0.25, 0.3) is 0 Å². The molecule has 1 aromatic rings. The van der Waals surface area contributed by atoms with E-state index in [4.69, 9.17) is 9.47 Å². The summed E-state index contributed by atoms with van der Waals surface area (Å²) in [6.45, 7) is 5.80. The first kappa shape index (κ1) is 23.7. The number of phenolic OH excluding ortho intramolecular Hbond substituents is 1. The average molecular weight is 379 g/mol. The van der Waals surface area contributed by atoms with Crippen LogP contribution in [0.3, 0.4) is 0 Å². The van der Waals surface area contributed by atoms with Gasteiger partial charge in [0.1, 0.15) is 0 Å². The Kier molecular flexibility index (Phi) is 14.7. The summed E-state index contributed by atoms with van der Waals surface area (Å²) >= 11 is 0. The summed E-state index contributed by atoms with van der Waals surface area (Å²) in [5, 5.41) is 10.3. The fourth-order valence-corrected chi connectivity index (χ4v) is 3.22. The van der Waals surface area contributed by atoms with Crippen LogP contribution >= 0.6 is 0 Å². The molecule has 156 valence electrons. The Morgan fingerprint density at radius 1 is 0.593 bits per heavy atom. The van der Waals surface area contributed by atoms with Crippen molar-refractivity contribution in [3.05, 3.63) is 18.2 Å². The Hall–Kier alpha value is -1.38. The smallest absolute Gasteiger partial charge is 0.200 e. The van der Waals surface area contributed by atoms with Gasteiger partial charge in [0.25, 0.3) is 0 Å². The third-order valence-electron chi connectivity index (χ3n) is 4.97. The number of hydrogen-bond donors (Lipinski definition) is 1. The summed E-state index contributed by atoms with van der Waals surface area (Å²) in [7, 11) is 0. The lowest BCUT2D eigenvalue weighted by atomic mass is 10.1. The van der Waals surface area contributed by atoms with Crippen molar-refractivity contribution in [1.82, 2.24) is 0 Å². The third-order valence-corrected chi connectivity index (χ3v) is 4.97. The molecule has 27 heavy (non-hydrogen) atoms. The molecule has 0 atom stereocenters. The largest absolute Gasteiger partial charge is 0.502 e. The average Bonchev–Trinajstić information content (AvgIpc) is 2.68. The van der Waals surface area contributed by atoms with Crippen molar-refractivity contribution in [1.29, 1.82) is 0 Å². The van der Waals surface area contributed by atoms with Gasteiger partial charge in [-0.15, -0.1) is 0 Å². The number of unbranched alkanes of at least 4 members (excludes halogenated alkanes) is 12. The quantitative estimate of drug-likeness (QED) is 0.267. The maximum atomic E-state index is 10.3. The Morgan fingerprint density at radius 2 is 0.963 bits per heavy atom. The number of para-hydroxylation sites is 1. The van der Waals surface area contributed by atoms with Gasteiger partial charge >= 0.3 is 0 Å². The highest BCUT2D eigenvalue weighted by Crippen LogP contribution is 2.36. The molecule has 0 bridgehead atoms. The van der Waals surface area contributed by atoms with Gasteiger partial charge in [-0.3, -0.25) is 0 Å². The fraction of sp³-hybridized carbons (Fsp3) is 0.750. The molecule has 0 radical (unpaired) electrons. The van der Waals surface area contributed by atoms with Crippen molar-refractivity contribution in [3.8, 4) is 17.2 Å². The van der Waals surface area contributed by atoms with Crippen LogP contribution in [0.4, 0.5) is 0 Å². The van der Waals surface area contributed by atoms with Crippen LogP contribution in [0.2, 0.25) is 0 Å². The Morgan fingerprint density at radius 3 is 1.37 bits per heavy atom. The summed E-state index contributed by atoms with van der Waals surface area (Å²) in [5.41, 5.74) is 0. The minimum absolute atomic E-state index is 0.142. The predicted molar refractivity (Wildman–Crippen MR) is 115 cm³/mol. The zero-order valence-corrected chi connectivity index (χ0v) is 17.8. The summed E-state index contributed by atoms with van der Waals surface area (Å²) in [5.74, 6) is 1.22. The Labute approximate surface area is 167 Å². The van der Waals surface area contributed by atoms with Crippen LogP contribution < -0.4 is 9.47 Å². The van der Waals surface area contributed by atoms with Gasteiger partial charge in [-0.2, -0.15) is 0 Å². The fourth-order valence-electron chi connectivity index (χ4n) is 3.22. The van der Waals surface area contributed by atoms with Gasteiger partial charge in [-0.25, -0.2) is 0 Å². The third kappa shape index (κ3) is 11.8. The van der Waals surface area contributed by atoms with Crippen LogP contribution in [-0.4, -0.2) is 18.3 Å². The molecule has 1 aromatic carbocycles. The van der Waals surface area contributed by atoms with Crippen LogP contribution in [0.5, 0.6) is 17.2 Å².